The van der Waals surface area contributed by atoms with Crippen LogP contribution in [0.1, 0.15) is 5.56 Å². The molecule has 24 heavy (non-hydrogen) atoms. The smallest absolute Gasteiger partial charge is 0.383 e. The zero-order valence-corrected chi connectivity index (χ0v) is 12.6. The van der Waals surface area contributed by atoms with Crippen molar-refractivity contribution >= 4 is 33.2 Å². The first kappa shape index (κ1) is 16.0. The Hall–Kier alpha value is -2.89. The summed E-state index contributed by atoms with van der Waals surface area (Å²) >= 11 is 1.12. The first-order chi connectivity index (χ1) is 11.3. The Labute approximate surface area is 136 Å². The molecular formula is C12H10F3N7OS. The summed E-state index contributed by atoms with van der Waals surface area (Å²) in [4.78, 5) is 18.9. The van der Waals surface area contributed by atoms with Crippen LogP contribution in [0.3, 0.4) is 0 Å². The van der Waals surface area contributed by atoms with E-state index in [0.29, 0.717) is 15.8 Å². The van der Waals surface area contributed by atoms with Gasteiger partial charge in [0.1, 0.15) is 5.82 Å². The third kappa shape index (κ3) is 2.95. The van der Waals surface area contributed by atoms with Crippen LogP contribution < -0.4 is 16.8 Å². The number of fused-ring (bicyclic) bond motifs is 1. The molecule has 1 amide bonds. The fourth-order valence-electron chi connectivity index (χ4n) is 1.97. The number of nitrogens with zero attached hydrogens (tertiary/aromatic N) is 4. The molecule has 0 unspecified atom stereocenters. The van der Waals surface area contributed by atoms with E-state index < -0.39 is 23.5 Å². The number of halogens is 3. The molecule has 0 aliphatic rings. The lowest BCUT2D eigenvalue weighted by Crippen LogP contribution is -2.21. The number of nitrogens with one attached hydrogen (secondary N) is 1. The molecule has 0 spiro atoms. The number of nitrogens with two attached hydrogens (primary N) is 2. The molecule has 8 nitrogen and oxygen atoms in total. The molecule has 0 fully saturated rings. The van der Waals surface area contributed by atoms with E-state index in [1.54, 1.807) is 0 Å². The van der Waals surface area contributed by atoms with Gasteiger partial charge in [-0.15, -0.1) is 5.10 Å². The van der Waals surface area contributed by atoms with E-state index in [1.807, 2.05) is 0 Å². The van der Waals surface area contributed by atoms with Crippen molar-refractivity contribution in [3.8, 4) is 11.3 Å². The van der Waals surface area contributed by atoms with Crippen molar-refractivity contribution in [2.45, 2.75) is 6.18 Å². The van der Waals surface area contributed by atoms with E-state index in [4.69, 9.17) is 11.5 Å². The van der Waals surface area contributed by atoms with Crippen LogP contribution >= 0.6 is 11.3 Å². The van der Waals surface area contributed by atoms with Gasteiger partial charge in [-0.3, -0.25) is 4.79 Å². The molecule has 3 aromatic heterocycles. The summed E-state index contributed by atoms with van der Waals surface area (Å²) in [6, 6.07) is 0.891. The Bertz CT molecular complexity index is 917. The Kier molecular flexibility index (Phi) is 3.75. The van der Waals surface area contributed by atoms with Crippen LogP contribution in [0.15, 0.2) is 18.5 Å². The molecule has 3 rings (SSSR count). The number of rotatable bonds is 4. The molecule has 0 radical (unpaired) electrons. The summed E-state index contributed by atoms with van der Waals surface area (Å²) in [6.07, 6.45) is -2.03. The largest absolute Gasteiger partial charge is 0.419 e. The highest BCUT2D eigenvalue weighted by Crippen LogP contribution is 2.35. The molecule has 0 atom stereocenters. The van der Waals surface area contributed by atoms with Crippen molar-refractivity contribution < 1.29 is 18.0 Å². The number of alkyl halides is 3. The second-order valence-electron chi connectivity index (χ2n) is 4.72. The van der Waals surface area contributed by atoms with E-state index in [9.17, 15) is 18.0 Å². The first-order valence-corrected chi connectivity index (χ1v) is 7.27. The number of nitrogen functional groups attached to an aromatic ring is 1. The highest BCUT2D eigenvalue weighted by molar-refractivity contribution is 7.20. The number of hydrogen-bond donors (Lipinski definition) is 3. The van der Waals surface area contributed by atoms with Gasteiger partial charge in [-0.05, 0) is 6.07 Å². The maximum Gasteiger partial charge on any atom is 0.419 e. The predicted octanol–water partition coefficient (Wildman–Crippen LogP) is 1.35. The number of amides is 1. The summed E-state index contributed by atoms with van der Waals surface area (Å²) in [5.41, 5.74) is 9.77. The van der Waals surface area contributed by atoms with Gasteiger partial charge in [0, 0.05) is 11.8 Å². The topological polar surface area (TPSA) is 124 Å². The van der Waals surface area contributed by atoms with Crippen LogP contribution in [-0.2, 0) is 11.0 Å². The number of primary amides is 1. The minimum atomic E-state index is -4.62. The minimum Gasteiger partial charge on any atom is -0.383 e. The van der Waals surface area contributed by atoms with Gasteiger partial charge in [-0.2, -0.15) is 13.2 Å². The maximum atomic E-state index is 13.0. The molecular weight excluding hydrogens is 347 g/mol. The Morgan fingerprint density at radius 1 is 1.33 bits per heavy atom. The number of aromatic nitrogens is 4. The van der Waals surface area contributed by atoms with Crippen molar-refractivity contribution in [2.75, 3.05) is 17.6 Å². The van der Waals surface area contributed by atoms with Crippen LogP contribution in [0.4, 0.5) is 24.1 Å². The van der Waals surface area contributed by atoms with Crippen molar-refractivity contribution in [1.29, 1.82) is 0 Å². The van der Waals surface area contributed by atoms with Gasteiger partial charge in [-0.25, -0.2) is 14.5 Å². The van der Waals surface area contributed by atoms with Crippen LogP contribution in [0.2, 0.25) is 0 Å². The third-order valence-electron chi connectivity index (χ3n) is 3.02. The maximum absolute atomic E-state index is 13.0. The van der Waals surface area contributed by atoms with E-state index >= 15 is 0 Å². The van der Waals surface area contributed by atoms with E-state index in [-0.39, 0.29) is 12.1 Å². The van der Waals surface area contributed by atoms with Gasteiger partial charge in [0.15, 0.2) is 0 Å². The van der Waals surface area contributed by atoms with Gasteiger partial charge in [0.05, 0.1) is 24.0 Å². The Balaban J connectivity index is 2.02. The number of carbonyl (C=O) groups excluding carboxylic acids is 1. The summed E-state index contributed by atoms with van der Waals surface area (Å²) < 4.78 is 40.2. The first-order valence-electron chi connectivity index (χ1n) is 6.45. The zero-order valence-electron chi connectivity index (χ0n) is 11.8. The van der Waals surface area contributed by atoms with Crippen LogP contribution in [0.5, 0.6) is 0 Å². The standard InChI is InChI=1S/C12H10F3N7OS/c13-12(14,15)6-1-5(2-18-9(6)17)7-3-20-11-22(7)21-10(24-11)19-4-8(16)23/h1-3H,4H2,(H2,16,23)(H2,17,18)(H,19,21). The van der Waals surface area contributed by atoms with E-state index in [2.05, 4.69) is 20.4 Å². The minimum absolute atomic E-state index is 0.117. The molecule has 0 aliphatic carbocycles. The number of hydrogen-bond acceptors (Lipinski definition) is 7. The van der Waals surface area contributed by atoms with Crippen molar-refractivity contribution in [3.05, 3.63) is 24.0 Å². The average molecular weight is 357 g/mol. The molecule has 0 saturated carbocycles. The van der Waals surface area contributed by atoms with Gasteiger partial charge in [0.2, 0.25) is 16.0 Å². The number of carbonyl (C=O) groups is 1. The quantitative estimate of drug-likeness (QED) is 0.647. The highest BCUT2D eigenvalue weighted by Gasteiger charge is 2.34. The average Bonchev–Trinajstić information content (AvgIpc) is 3.04. The van der Waals surface area contributed by atoms with E-state index in [1.165, 1.54) is 16.9 Å². The number of pyridine rings is 1. The fourth-order valence-corrected chi connectivity index (χ4v) is 2.74. The Morgan fingerprint density at radius 2 is 2.08 bits per heavy atom. The monoisotopic (exact) mass is 357 g/mol. The normalized spacial score (nSPS) is 11.8. The molecule has 126 valence electrons. The zero-order chi connectivity index (χ0) is 17.5. The third-order valence-corrected chi connectivity index (χ3v) is 3.90. The lowest BCUT2D eigenvalue weighted by molar-refractivity contribution is -0.137. The molecule has 0 aliphatic heterocycles. The van der Waals surface area contributed by atoms with Gasteiger partial charge in [-0.1, -0.05) is 11.3 Å². The molecule has 0 aromatic carbocycles. The molecule has 0 saturated heterocycles. The van der Waals surface area contributed by atoms with Crippen molar-refractivity contribution in [2.24, 2.45) is 5.73 Å². The summed E-state index contributed by atoms with van der Waals surface area (Å²) in [5.74, 6) is -1.17. The Morgan fingerprint density at radius 3 is 2.75 bits per heavy atom. The van der Waals surface area contributed by atoms with Gasteiger partial charge < -0.3 is 16.8 Å². The fraction of sp³-hybridized carbons (Fsp3) is 0.167. The van der Waals surface area contributed by atoms with Crippen LogP contribution in [-0.4, -0.2) is 32.0 Å². The van der Waals surface area contributed by atoms with Crippen LogP contribution in [0, 0.1) is 0 Å². The second kappa shape index (κ2) is 5.63. The molecule has 3 aromatic rings. The van der Waals surface area contributed by atoms with E-state index in [0.717, 1.165) is 17.4 Å². The summed E-state index contributed by atoms with van der Waals surface area (Å²) in [5, 5.41) is 7.21. The highest BCUT2D eigenvalue weighted by atomic mass is 32.1. The SMILES string of the molecule is NC(=O)CNc1nn2c(-c3cnc(N)c(C(F)(F)F)c3)cnc2s1. The van der Waals surface area contributed by atoms with Gasteiger partial charge in [0.25, 0.3) is 0 Å². The number of anilines is 2. The molecule has 3 heterocycles. The lowest BCUT2D eigenvalue weighted by atomic mass is 10.1. The van der Waals surface area contributed by atoms with Crippen molar-refractivity contribution in [1.82, 2.24) is 19.6 Å². The second-order valence-corrected chi connectivity index (χ2v) is 5.68. The molecule has 12 heteroatoms. The van der Waals surface area contributed by atoms with Crippen LogP contribution in [0.25, 0.3) is 16.2 Å². The van der Waals surface area contributed by atoms with Crippen molar-refractivity contribution in [3.63, 3.8) is 0 Å². The number of imidazole rings is 1. The molecule has 5 N–H and O–H groups in total. The predicted molar refractivity (Wildman–Crippen MR) is 81.2 cm³/mol. The summed E-state index contributed by atoms with van der Waals surface area (Å²) in [7, 11) is 0. The lowest BCUT2D eigenvalue weighted by Gasteiger charge is -2.10. The summed E-state index contributed by atoms with van der Waals surface area (Å²) in [6.45, 7) is -0.117. The molecule has 0 bridgehead atoms. The van der Waals surface area contributed by atoms with Gasteiger partial charge >= 0.3 is 6.18 Å².